The summed E-state index contributed by atoms with van der Waals surface area (Å²) in [6.45, 7) is 0.837. The van der Waals surface area contributed by atoms with Gasteiger partial charge in [0.1, 0.15) is 11.6 Å². The van der Waals surface area contributed by atoms with Crippen LogP contribution < -0.4 is 5.32 Å². The van der Waals surface area contributed by atoms with E-state index in [1.807, 2.05) is 5.38 Å². The van der Waals surface area contributed by atoms with Crippen LogP contribution in [-0.2, 0) is 6.42 Å². The third-order valence-electron chi connectivity index (χ3n) is 3.08. The molecule has 0 saturated heterocycles. The van der Waals surface area contributed by atoms with Crippen LogP contribution >= 0.6 is 28.3 Å². The predicted octanol–water partition coefficient (Wildman–Crippen LogP) is 3.41. The van der Waals surface area contributed by atoms with E-state index in [0.717, 1.165) is 17.8 Å². The molecule has 3 rings (SSSR count). The second-order valence-corrected chi connectivity index (χ2v) is 5.10. The van der Waals surface area contributed by atoms with E-state index in [1.165, 1.54) is 23.8 Å². The topological polar surface area (TPSA) is 32.3 Å². The number of hydrogen-bond acceptors (Lipinski definition) is 3. The molecule has 0 fully saturated rings. The first-order valence-corrected chi connectivity index (χ1v) is 6.42. The Balaban J connectivity index is 0.00000120. The third kappa shape index (κ3) is 2.30. The Kier molecular flexibility index (Phi) is 4.04. The summed E-state index contributed by atoms with van der Waals surface area (Å²) in [5, 5.41) is 14.8. The molecular formula is C13H13BrFNOS. The number of rotatable bonds is 1. The predicted molar refractivity (Wildman–Crippen MR) is 76.3 cm³/mol. The smallest absolute Gasteiger partial charge is 0.128 e. The van der Waals surface area contributed by atoms with E-state index in [0.29, 0.717) is 5.56 Å². The molecule has 0 bridgehead atoms. The lowest BCUT2D eigenvalue weighted by Crippen LogP contribution is -2.29. The largest absolute Gasteiger partial charge is 0.508 e. The molecule has 5 heteroatoms. The van der Waals surface area contributed by atoms with E-state index < -0.39 is 0 Å². The maximum atomic E-state index is 13.8. The lowest BCUT2D eigenvalue weighted by atomic mass is 9.97. The third-order valence-corrected chi connectivity index (χ3v) is 4.10. The summed E-state index contributed by atoms with van der Waals surface area (Å²) < 4.78 is 13.8. The molecule has 1 aromatic carbocycles. The molecule has 96 valence electrons. The van der Waals surface area contributed by atoms with Crippen molar-refractivity contribution in [2.45, 2.75) is 12.5 Å². The van der Waals surface area contributed by atoms with Crippen LogP contribution in [-0.4, -0.2) is 11.7 Å². The Morgan fingerprint density at radius 1 is 1.33 bits per heavy atom. The monoisotopic (exact) mass is 329 g/mol. The Labute approximate surface area is 119 Å². The lowest BCUT2D eigenvalue weighted by molar-refractivity contribution is 0.466. The maximum Gasteiger partial charge on any atom is 0.128 e. The van der Waals surface area contributed by atoms with Crippen molar-refractivity contribution in [3.05, 3.63) is 51.5 Å². The van der Waals surface area contributed by atoms with Crippen molar-refractivity contribution in [3.63, 3.8) is 0 Å². The molecule has 0 radical (unpaired) electrons. The molecule has 0 aliphatic carbocycles. The van der Waals surface area contributed by atoms with Gasteiger partial charge in [-0.3, -0.25) is 0 Å². The summed E-state index contributed by atoms with van der Waals surface area (Å²) in [7, 11) is 0. The molecule has 1 aliphatic rings. The van der Waals surface area contributed by atoms with Gasteiger partial charge < -0.3 is 10.4 Å². The zero-order valence-electron chi connectivity index (χ0n) is 9.52. The first kappa shape index (κ1) is 13.5. The Hall–Kier alpha value is -0.910. The first-order valence-electron chi connectivity index (χ1n) is 5.54. The fourth-order valence-corrected chi connectivity index (χ4v) is 3.30. The number of phenols is 1. The van der Waals surface area contributed by atoms with Gasteiger partial charge in [-0.15, -0.1) is 28.3 Å². The van der Waals surface area contributed by atoms with Gasteiger partial charge in [0.15, 0.2) is 0 Å². The highest BCUT2D eigenvalue weighted by molar-refractivity contribution is 8.93. The molecule has 1 atom stereocenters. The zero-order valence-corrected chi connectivity index (χ0v) is 12.0. The summed E-state index contributed by atoms with van der Waals surface area (Å²) in [5.41, 5.74) is 1.80. The van der Waals surface area contributed by atoms with Crippen molar-refractivity contribution in [2.75, 3.05) is 6.54 Å². The molecule has 0 spiro atoms. The number of phenolic OH excluding ortho intramolecular Hbond substituents is 1. The molecule has 0 amide bonds. The summed E-state index contributed by atoms with van der Waals surface area (Å²) in [4.78, 5) is 1.15. The van der Waals surface area contributed by atoms with E-state index >= 15 is 0 Å². The van der Waals surface area contributed by atoms with E-state index in [4.69, 9.17) is 0 Å². The highest BCUT2D eigenvalue weighted by Gasteiger charge is 2.25. The first-order chi connectivity index (χ1) is 8.25. The number of nitrogens with one attached hydrogen (secondary N) is 1. The van der Waals surface area contributed by atoms with Gasteiger partial charge in [0.2, 0.25) is 0 Å². The number of hydrogen-bond donors (Lipinski definition) is 2. The van der Waals surface area contributed by atoms with Gasteiger partial charge in [0.05, 0.1) is 6.04 Å². The maximum absolute atomic E-state index is 13.8. The molecule has 1 aromatic heterocycles. The number of thiophene rings is 1. The van der Waals surface area contributed by atoms with Crippen LogP contribution in [0, 0.1) is 5.82 Å². The van der Waals surface area contributed by atoms with Crippen molar-refractivity contribution in [3.8, 4) is 5.75 Å². The van der Waals surface area contributed by atoms with Crippen molar-refractivity contribution in [1.29, 1.82) is 0 Å². The molecule has 0 saturated carbocycles. The SMILES string of the molecule is Br.Oc1ccc(F)c(C2NCCc3ccsc32)c1. The van der Waals surface area contributed by atoms with Gasteiger partial charge in [-0.1, -0.05) is 0 Å². The Bertz CT molecular complexity index is 558. The van der Waals surface area contributed by atoms with Crippen molar-refractivity contribution >= 4 is 28.3 Å². The van der Waals surface area contributed by atoms with Gasteiger partial charge in [-0.2, -0.15) is 0 Å². The zero-order chi connectivity index (χ0) is 11.8. The lowest BCUT2D eigenvalue weighted by Gasteiger charge is -2.24. The van der Waals surface area contributed by atoms with Gasteiger partial charge in [-0.25, -0.2) is 4.39 Å². The van der Waals surface area contributed by atoms with Crippen LogP contribution in [0.5, 0.6) is 5.75 Å². The molecule has 2 nitrogen and oxygen atoms in total. The van der Waals surface area contributed by atoms with Crippen LogP contribution in [0.1, 0.15) is 22.0 Å². The molecule has 1 unspecified atom stereocenters. The molecular weight excluding hydrogens is 317 g/mol. The minimum Gasteiger partial charge on any atom is -0.508 e. The van der Waals surface area contributed by atoms with E-state index in [9.17, 15) is 9.50 Å². The van der Waals surface area contributed by atoms with Crippen LogP contribution in [0.15, 0.2) is 29.6 Å². The molecule has 1 aliphatic heterocycles. The summed E-state index contributed by atoms with van der Waals surface area (Å²) in [5.74, 6) is -0.173. The highest BCUT2D eigenvalue weighted by atomic mass is 79.9. The van der Waals surface area contributed by atoms with Gasteiger partial charge in [0.25, 0.3) is 0 Å². The van der Waals surface area contributed by atoms with Crippen molar-refractivity contribution in [1.82, 2.24) is 5.32 Å². The molecule has 2 aromatic rings. The minimum absolute atomic E-state index is 0. The Morgan fingerprint density at radius 2 is 2.17 bits per heavy atom. The fraction of sp³-hybridized carbons (Fsp3) is 0.231. The standard InChI is InChI=1S/C13H12FNOS.BrH/c14-11-2-1-9(16)7-10(11)12-13-8(3-5-15-12)4-6-17-13;/h1-2,4,6-7,12,15-16H,3,5H2;1H. The number of benzene rings is 1. The number of fused-ring (bicyclic) bond motifs is 1. The van der Waals surface area contributed by atoms with Gasteiger partial charge in [0, 0.05) is 17.0 Å². The van der Waals surface area contributed by atoms with Crippen LogP contribution in [0.25, 0.3) is 0 Å². The molecule has 2 heterocycles. The molecule has 2 N–H and O–H groups in total. The fourth-order valence-electron chi connectivity index (χ4n) is 2.25. The minimum atomic E-state index is -0.276. The van der Waals surface area contributed by atoms with Crippen LogP contribution in [0.3, 0.4) is 0 Å². The highest BCUT2D eigenvalue weighted by Crippen LogP contribution is 2.35. The second-order valence-electron chi connectivity index (χ2n) is 4.15. The van der Waals surface area contributed by atoms with Crippen LogP contribution in [0.4, 0.5) is 4.39 Å². The quantitative estimate of drug-likeness (QED) is 0.840. The number of halogens is 2. The normalized spacial score (nSPS) is 17.9. The van der Waals surface area contributed by atoms with Crippen LogP contribution in [0.2, 0.25) is 0 Å². The summed E-state index contributed by atoms with van der Waals surface area (Å²) in [6, 6.07) is 6.15. The Morgan fingerprint density at radius 3 is 3.00 bits per heavy atom. The van der Waals surface area contributed by atoms with E-state index in [-0.39, 0.29) is 34.6 Å². The number of aromatic hydroxyl groups is 1. The van der Waals surface area contributed by atoms with Crippen molar-refractivity contribution in [2.24, 2.45) is 0 Å². The average Bonchev–Trinajstić information content (AvgIpc) is 2.80. The van der Waals surface area contributed by atoms with Gasteiger partial charge in [-0.05, 0) is 41.6 Å². The summed E-state index contributed by atoms with van der Waals surface area (Å²) >= 11 is 1.63. The van der Waals surface area contributed by atoms with E-state index in [2.05, 4.69) is 11.4 Å². The average molecular weight is 330 g/mol. The van der Waals surface area contributed by atoms with Gasteiger partial charge >= 0.3 is 0 Å². The van der Waals surface area contributed by atoms with Crippen molar-refractivity contribution < 1.29 is 9.50 Å². The van der Waals surface area contributed by atoms with E-state index in [1.54, 1.807) is 11.3 Å². The summed E-state index contributed by atoms with van der Waals surface area (Å²) in [6.07, 6.45) is 0.982. The second kappa shape index (κ2) is 5.38. The molecule has 18 heavy (non-hydrogen) atoms.